The monoisotopic (exact) mass is 309 g/mol. The van der Waals surface area contributed by atoms with Crippen LogP contribution in [0.25, 0.3) is 21.8 Å². The van der Waals surface area contributed by atoms with Crippen LogP contribution in [0.4, 0.5) is 5.69 Å². The Hall–Kier alpha value is -3.15. The Labute approximate surface area is 131 Å². The Bertz CT molecular complexity index is 854. The first-order valence-electron chi connectivity index (χ1n) is 7.14. The number of nitrogens with two attached hydrogens (primary N) is 1. The summed E-state index contributed by atoms with van der Waals surface area (Å²) in [4.78, 5) is 25.7. The van der Waals surface area contributed by atoms with E-state index in [2.05, 4.69) is 10.3 Å². The van der Waals surface area contributed by atoms with Gasteiger partial charge in [-0.05, 0) is 12.1 Å². The third-order valence-corrected chi connectivity index (χ3v) is 3.67. The molecule has 1 atom stereocenters. The number of carbonyl (C=O) groups is 2. The summed E-state index contributed by atoms with van der Waals surface area (Å²) in [6, 6.07) is 13.8. The zero-order chi connectivity index (χ0) is 16.4. The zero-order valence-electron chi connectivity index (χ0n) is 12.2. The number of hydrogen-bond donors (Lipinski definition) is 2. The molecule has 116 valence electrons. The molecule has 0 saturated heterocycles. The molecule has 1 aromatic heterocycles. The minimum Gasteiger partial charge on any atom is -0.548 e. The molecule has 1 amide bonds. The summed E-state index contributed by atoms with van der Waals surface area (Å²) in [5.41, 5.74) is 7.47. The van der Waals surface area contributed by atoms with Gasteiger partial charge in [0.25, 0.3) is 0 Å². The van der Waals surface area contributed by atoms with Gasteiger partial charge in [-0.3, -0.25) is 4.79 Å². The minimum absolute atomic E-state index is 0.344. The van der Waals surface area contributed by atoms with Gasteiger partial charge in [0.05, 0.1) is 34.9 Å². The Morgan fingerprint density at radius 3 is 2.04 bits per heavy atom. The molecule has 0 aliphatic rings. The van der Waals surface area contributed by atoms with Crippen molar-refractivity contribution in [2.75, 3.05) is 5.32 Å². The van der Waals surface area contributed by atoms with Crippen molar-refractivity contribution in [1.82, 2.24) is 0 Å². The molecule has 0 bridgehead atoms. The van der Waals surface area contributed by atoms with Crippen LogP contribution >= 0.6 is 0 Å². The molecule has 0 spiro atoms. The van der Waals surface area contributed by atoms with Gasteiger partial charge in [0.1, 0.15) is 0 Å². The first-order chi connectivity index (χ1) is 11.1. The number of pyridine rings is 1. The normalized spacial score (nSPS) is 12.2. The van der Waals surface area contributed by atoms with Crippen molar-refractivity contribution < 1.29 is 19.7 Å². The van der Waals surface area contributed by atoms with Crippen LogP contribution in [0.3, 0.4) is 0 Å². The summed E-state index contributed by atoms with van der Waals surface area (Å²) >= 11 is 0. The van der Waals surface area contributed by atoms with E-state index in [0.717, 1.165) is 21.8 Å². The Kier molecular flexibility index (Phi) is 3.80. The van der Waals surface area contributed by atoms with E-state index in [1.54, 1.807) is 0 Å². The van der Waals surface area contributed by atoms with Crippen molar-refractivity contribution in [3.05, 3.63) is 48.5 Å². The fourth-order valence-electron chi connectivity index (χ4n) is 2.63. The van der Waals surface area contributed by atoms with E-state index >= 15 is 0 Å². The zero-order valence-corrected chi connectivity index (χ0v) is 12.2. The number of aliphatic carboxylic acids is 1. The maximum atomic E-state index is 11.3. The Morgan fingerprint density at radius 1 is 1.04 bits per heavy atom. The highest BCUT2D eigenvalue weighted by molar-refractivity contribution is 6.05. The largest absolute Gasteiger partial charge is 0.548 e. The van der Waals surface area contributed by atoms with Gasteiger partial charge >= 0.3 is 0 Å². The SMILES string of the molecule is NC(=O)C[C@@H](Nc1c2ccccc2[nH+]c2ccccc12)C(=O)[O-]. The third kappa shape index (κ3) is 2.91. The quantitative estimate of drug-likeness (QED) is 0.657. The molecule has 2 aromatic carbocycles. The molecule has 0 aliphatic heterocycles. The van der Waals surface area contributed by atoms with Crippen LogP contribution < -0.4 is 21.1 Å². The third-order valence-electron chi connectivity index (χ3n) is 3.67. The lowest BCUT2D eigenvalue weighted by Gasteiger charge is -2.20. The second-order valence-corrected chi connectivity index (χ2v) is 5.28. The molecule has 0 aliphatic carbocycles. The van der Waals surface area contributed by atoms with Gasteiger partial charge in [0.15, 0.2) is 0 Å². The number of aromatic nitrogens is 1. The first kappa shape index (κ1) is 14.8. The van der Waals surface area contributed by atoms with Crippen LogP contribution in [-0.4, -0.2) is 17.9 Å². The van der Waals surface area contributed by atoms with Gasteiger partial charge in [-0.25, -0.2) is 4.98 Å². The number of fused-ring (bicyclic) bond motifs is 2. The lowest BCUT2D eigenvalue weighted by molar-refractivity contribution is -0.310. The van der Waals surface area contributed by atoms with Crippen molar-refractivity contribution in [3.8, 4) is 0 Å². The number of anilines is 1. The van der Waals surface area contributed by atoms with Crippen molar-refractivity contribution in [2.45, 2.75) is 12.5 Å². The molecular weight excluding hydrogens is 294 g/mol. The number of carboxylic acids is 1. The second kappa shape index (κ2) is 5.92. The number of carboxylic acid groups (broad SMARTS) is 1. The van der Waals surface area contributed by atoms with Crippen molar-refractivity contribution in [3.63, 3.8) is 0 Å². The van der Waals surface area contributed by atoms with Crippen LogP contribution in [0.5, 0.6) is 0 Å². The second-order valence-electron chi connectivity index (χ2n) is 5.28. The predicted molar refractivity (Wildman–Crippen MR) is 84.2 cm³/mol. The van der Waals surface area contributed by atoms with Gasteiger partial charge in [-0.1, -0.05) is 24.3 Å². The van der Waals surface area contributed by atoms with Gasteiger partial charge in [0, 0.05) is 12.1 Å². The molecule has 4 N–H and O–H groups in total. The fraction of sp³-hybridized carbons (Fsp3) is 0.118. The summed E-state index contributed by atoms with van der Waals surface area (Å²) < 4.78 is 0. The molecule has 0 unspecified atom stereocenters. The first-order valence-corrected chi connectivity index (χ1v) is 7.14. The number of amides is 1. The highest BCUT2D eigenvalue weighted by Crippen LogP contribution is 2.29. The van der Waals surface area contributed by atoms with Crippen LogP contribution in [0.1, 0.15) is 6.42 Å². The fourth-order valence-corrected chi connectivity index (χ4v) is 2.63. The van der Waals surface area contributed by atoms with Crippen LogP contribution in [0, 0.1) is 0 Å². The molecule has 0 fully saturated rings. The maximum absolute atomic E-state index is 11.3. The predicted octanol–water partition coefficient (Wildman–Crippen LogP) is 0.213. The van der Waals surface area contributed by atoms with Gasteiger partial charge in [0.2, 0.25) is 16.9 Å². The number of primary amides is 1. The van der Waals surface area contributed by atoms with Gasteiger partial charge in [-0.2, -0.15) is 0 Å². The van der Waals surface area contributed by atoms with E-state index in [1.807, 2.05) is 48.5 Å². The van der Waals surface area contributed by atoms with E-state index < -0.39 is 17.9 Å². The van der Waals surface area contributed by atoms with Crippen LogP contribution in [0.15, 0.2) is 48.5 Å². The molecule has 3 aromatic rings. The molecule has 6 nitrogen and oxygen atoms in total. The average molecular weight is 309 g/mol. The van der Waals surface area contributed by atoms with Gasteiger partial charge in [-0.15, -0.1) is 0 Å². The summed E-state index contributed by atoms with van der Waals surface area (Å²) in [6.45, 7) is 0. The number of carbonyl (C=O) groups excluding carboxylic acids is 2. The molecule has 0 radical (unpaired) electrons. The van der Waals surface area contributed by atoms with Gasteiger partial charge < -0.3 is 21.0 Å². The van der Waals surface area contributed by atoms with E-state index in [-0.39, 0.29) is 6.42 Å². The van der Waals surface area contributed by atoms with Crippen LogP contribution in [0.2, 0.25) is 0 Å². The molecule has 3 rings (SSSR count). The number of hydrogen-bond acceptors (Lipinski definition) is 4. The highest BCUT2D eigenvalue weighted by Gasteiger charge is 2.19. The number of para-hydroxylation sites is 2. The van der Waals surface area contributed by atoms with Crippen molar-refractivity contribution in [1.29, 1.82) is 0 Å². The summed E-state index contributed by atoms with van der Waals surface area (Å²) in [5, 5.41) is 15.9. The van der Waals surface area contributed by atoms with E-state index in [9.17, 15) is 14.7 Å². The summed E-state index contributed by atoms with van der Waals surface area (Å²) in [5.74, 6) is -2.08. The average Bonchev–Trinajstić information content (AvgIpc) is 2.53. The van der Waals surface area contributed by atoms with Crippen molar-refractivity contribution >= 4 is 39.4 Å². The minimum atomic E-state index is -1.37. The topological polar surface area (TPSA) is 109 Å². The van der Waals surface area contributed by atoms with Crippen LogP contribution in [-0.2, 0) is 9.59 Å². The molecular formula is C17H15N3O3. The summed E-state index contributed by atoms with van der Waals surface area (Å²) in [6.07, 6.45) is -0.344. The standard InChI is InChI=1S/C17H15N3O3/c18-15(21)9-14(17(22)23)20-16-10-5-1-3-7-12(10)19-13-8-4-2-6-11(13)16/h1-8,14H,9H2,(H2,18,21)(H,19,20)(H,22,23)/t14-/m1/s1. The Balaban J connectivity index is 2.19. The summed E-state index contributed by atoms with van der Waals surface area (Å²) in [7, 11) is 0. The smallest absolute Gasteiger partial charge is 0.219 e. The maximum Gasteiger partial charge on any atom is 0.219 e. The molecule has 6 heteroatoms. The number of H-pyrrole nitrogens is 1. The number of benzene rings is 2. The van der Waals surface area contributed by atoms with Crippen molar-refractivity contribution in [2.24, 2.45) is 5.73 Å². The number of nitrogens with one attached hydrogen (secondary N) is 2. The lowest BCUT2D eigenvalue weighted by Crippen LogP contribution is -2.43. The molecule has 0 saturated carbocycles. The number of rotatable bonds is 5. The molecule has 1 heterocycles. The van der Waals surface area contributed by atoms with E-state index in [0.29, 0.717) is 5.69 Å². The highest BCUT2D eigenvalue weighted by atomic mass is 16.4. The Morgan fingerprint density at radius 2 is 1.57 bits per heavy atom. The lowest BCUT2D eigenvalue weighted by atomic mass is 10.1. The molecule has 23 heavy (non-hydrogen) atoms. The number of aromatic amines is 1. The van der Waals surface area contributed by atoms with E-state index in [1.165, 1.54) is 0 Å². The van der Waals surface area contributed by atoms with E-state index in [4.69, 9.17) is 5.73 Å².